The molecule has 0 bridgehead atoms. The summed E-state index contributed by atoms with van der Waals surface area (Å²) in [5.74, 6) is 0.582. The van der Waals surface area contributed by atoms with Gasteiger partial charge in [-0.15, -0.1) is 0 Å². The van der Waals surface area contributed by atoms with E-state index in [-0.39, 0.29) is 17.6 Å². The summed E-state index contributed by atoms with van der Waals surface area (Å²) >= 11 is 0. The number of nitrogens with one attached hydrogen (secondary N) is 1. The van der Waals surface area contributed by atoms with Gasteiger partial charge < -0.3 is 15.8 Å². The normalized spacial score (nSPS) is 29.1. The average molecular weight is 228 g/mol. The van der Waals surface area contributed by atoms with Gasteiger partial charge in [0, 0.05) is 13.2 Å². The predicted octanol–water partition coefficient (Wildman–Crippen LogP) is 0.901. The van der Waals surface area contributed by atoms with Crippen molar-refractivity contribution in [1.82, 2.24) is 5.32 Å². The van der Waals surface area contributed by atoms with E-state index in [1.807, 2.05) is 13.8 Å². The first kappa shape index (κ1) is 13.5. The Morgan fingerprint density at radius 2 is 2.25 bits per heavy atom. The van der Waals surface area contributed by atoms with Gasteiger partial charge in [0.15, 0.2) is 0 Å². The molecule has 0 radical (unpaired) electrons. The van der Waals surface area contributed by atoms with Crippen molar-refractivity contribution in [3.63, 3.8) is 0 Å². The molecular weight excluding hydrogens is 204 g/mol. The number of carbonyl (C=O) groups excluding carboxylic acids is 1. The fourth-order valence-corrected chi connectivity index (χ4v) is 1.81. The number of amides is 1. The third kappa shape index (κ3) is 2.74. The van der Waals surface area contributed by atoms with Gasteiger partial charge in [0.2, 0.25) is 5.91 Å². The van der Waals surface area contributed by atoms with Crippen LogP contribution >= 0.6 is 0 Å². The molecule has 1 amide bonds. The Balaban J connectivity index is 2.62. The molecule has 1 heterocycles. The molecular formula is C12H24N2O2. The van der Waals surface area contributed by atoms with Gasteiger partial charge in [0.1, 0.15) is 6.10 Å². The molecule has 1 aliphatic rings. The number of rotatable bonds is 4. The van der Waals surface area contributed by atoms with E-state index in [4.69, 9.17) is 10.5 Å². The van der Waals surface area contributed by atoms with Crippen LogP contribution in [0.15, 0.2) is 0 Å². The van der Waals surface area contributed by atoms with Crippen LogP contribution in [0.3, 0.4) is 0 Å². The highest BCUT2D eigenvalue weighted by molar-refractivity contribution is 5.82. The van der Waals surface area contributed by atoms with E-state index in [9.17, 15) is 4.79 Å². The molecule has 3 unspecified atom stereocenters. The van der Waals surface area contributed by atoms with E-state index in [1.165, 1.54) is 0 Å². The highest BCUT2D eigenvalue weighted by atomic mass is 16.5. The topological polar surface area (TPSA) is 64.3 Å². The van der Waals surface area contributed by atoms with Gasteiger partial charge in [0.05, 0.1) is 5.54 Å². The number of hydrogen-bond donors (Lipinski definition) is 2. The zero-order valence-electron chi connectivity index (χ0n) is 10.7. The van der Waals surface area contributed by atoms with Crippen LogP contribution in [0.5, 0.6) is 0 Å². The molecule has 4 heteroatoms. The number of hydrogen-bond acceptors (Lipinski definition) is 3. The van der Waals surface area contributed by atoms with Gasteiger partial charge in [-0.3, -0.25) is 4.79 Å². The standard InChI is InChI=1S/C12H24N2O2/c1-8(2)12(4,7-13)14-11(15)10-9(3)5-6-16-10/h8-10H,5-7,13H2,1-4H3,(H,14,15). The predicted molar refractivity (Wildman–Crippen MR) is 64.0 cm³/mol. The van der Waals surface area contributed by atoms with Crippen molar-refractivity contribution in [2.75, 3.05) is 13.2 Å². The Bertz CT molecular complexity index is 255. The molecule has 1 saturated heterocycles. The highest BCUT2D eigenvalue weighted by Gasteiger charge is 2.36. The van der Waals surface area contributed by atoms with Gasteiger partial charge in [0.25, 0.3) is 0 Å². The smallest absolute Gasteiger partial charge is 0.249 e. The zero-order chi connectivity index (χ0) is 12.3. The zero-order valence-corrected chi connectivity index (χ0v) is 10.7. The lowest BCUT2D eigenvalue weighted by molar-refractivity contribution is -0.133. The second-order valence-corrected chi connectivity index (χ2v) is 5.32. The maximum atomic E-state index is 12.0. The quantitative estimate of drug-likeness (QED) is 0.751. The Morgan fingerprint density at radius 3 is 2.62 bits per heavy atom. The Kier molecular flexibility index (Phi) is 4.33. The molecule has 3 N–H and O–H groups in total. The average Bonchev–Trinajstić information content (AvgIpc) is 2.64. The van der Waals surface area contributed by atoms with E-state index >= 15 is 0 Å². The lowest BCUT2D eigenvalue weighted by atomic mass is 9.88. The number of ether oxygens (including phenoxy) is 1. The summed E-state index contributed by atoms with van der Waals surface area (Å²) in [7, 11) is 0. The van der Waals surface area contributed by atoms with E-state index in [0.29, 0.717) is 25.0 Å². The number of nitrogens with two attached hydrogens (primary N) is 1. The van der Waals surface area contributed by atoms with E-state index in [0.717, 1.165) is 6.42 Å². The lowest BCUT2D eigenvalue weighted by Gasteiger charge is -2.34. The van der Waals surface area contributed by atoms with Crippen molar-refractivity contribution >= 4 is 5.91 Å². The van der Waals surface area contributed by atoms with E-state index < -0.39 is 0 Å². The molecule has 0 aromatic rings. The monoisotopic (exact) mass is 228 g/mol. The van der Waals surface area contributed by atoms with Gasteiger partial charge in [-0.1, -0.05) is 20.8 Å². The summed E-state index contributed by atoms with van der Waals surface area (Å²) in [4.78, 5) is 12.0. The van der Waals surface area contributed by atoms with Crippen LogP contribution in [0.1, 0.15) is 34.1 Å². The first-order valence-corrected chi connectivity index (χ1v) is 6.04. The van der Waals surface area contributed by atoms with E-state index in [2.05, 4.69) is 19.2 Å². The van der Waals surface area contributed by atoms with Crippen LogP contribution in [0.25, 0.3) is 0 Å². The molecule has 0 spiro atoms. The van der Waals surface area contributed by atoms with Crippen LogP contribution < -0.4 is 11.1 Å². The van der Waals surface area contributed by atoms with Crippen molar-refractivity contribution < 1.29 is 9.53 Å². The van der Waals surface area contributed by atoms with Crippen LogP contribution in [0.2, 0.25) is 0 Å². The minimum Gasteiger partial charge on any atom is -0.368 e. The molecule has 1 rings (SSSR count). The maximum absolute atomic E-state index is 12.0. The van der Waals surface area contributed by atoms with Gasteiger partial charge in [-0.2, -0.15) is 0 Å². The second-order valence-electron chi connectivity index (χ2n) is 5.32. The Morgan fingerprint density at radius 1 is 1.62 bits per heavy atom. The van der Waals surface area contributed by atoms with Gasteiger partial charge in [-0.25, -0.2) is 0 Å². The second kappa shape index (κ2) is 5.15. The molecule has 0 aromatic carbocycles. The van der Waals surface area contributed by atoms with Gasteiger partial charge in [-0.05, 0) is 25.2 Å². The summed E-state index contributed by atoms with van der Waals surface area (Å²) in [6, 6.07) is 0. The fraction of sp³-hybridized carbons (Fsp3) is 0.917. The molecule has 4 nitrogen and oxygen atoms in total. The lowest BCUT2D eigenvalue weighted by Crippen LogP contribution is -2.57. The Labute approximate surface area is 97.9 Å². The minimum absolute atomic E-state index is 0.0216. The van der Waals surface area contributed by atoms with Crippen LogP contribution in [-0.4, -0.2) is 30.7 Å². The van der Waals surface area contributed by atoms with Gasteiger partial charge >= 0.3 is 0 Å². The molecule has 0 aliphatic carbocycles. The van der Waals surface area contributed by atoms with E-state index in [1.54, 1.807) is 0 Å². The fourth-order valence-electron chi connectivity index (χ4n) is 1.81. The first-order chi connectivity index (χ1) is 7.40. The summed E-state index contributed by atoms with van der Waals surface area (Å²) in [6.45, 7) is 9.28. The molecule has 1 fully saturated rings. The minimum atomic E-state index is -0.344. The highest BCUT2D eigenvalue weighted by Crippen LogP contribution is 2.22. The molecule has 1 aliphatic heterocycles. The van der Waals surface area contributed by atoms with Crippen molar-refractivity contribution in [2.24, 2.45) is 17.6 Å². The molecule has 0 saturated carbocycles. The first-order valence-electron chi connectivity index (χ1n) is 6.04. The SMILES string of the molecule is CC1CCOC1C(=O)NC(C)(CN)C(C)C. The largest absolute Gasteiger partial charge is 0.368 e. The summed E-state index contributed by atoms with van der Waals surface area (Å²) < 4.78 is 5.44. The summed E-state index contributed by atoms with van der Waals surface area (Å²) in [6.07, 6.45) is 0.656. The van der Waals surface area contributed by atoms with Crippen molar-refractivity contribution in [2.45, 2.75) is 45.8 Å². The molecule has 0 aromatic heterocycles. The Hall–Kier alpha value is -0.610. The van der Waals surface area contributed by atoms with Crippen molar-refractivity contribution in [1.29, 1.82) is 0 Å². The number of carbonyl (C=O) groups is 1. The third-order valence-electron chi connectivity index (χ3n) is 3.75. The molecule has 94 valence electrons. The van der Waals surface area contributed by atoms with Crippen LogP contribution in [-0.2, 0) is 9.53 Å². The summed E-state index contributed by atoms with van der Waals surface area (Å²) in [5.41, 5.74) is 5.39. The maximum Gasteiger partial charge on any atom is 0.249 e. The summed E-state index contributed by atoms with van der Waals surface area (Å²) in [5, 5.41) is 3.03. The van der Waals surface area contributed by atoms with Crippen molar-refractivity contribution in [3.05, 3.63) is 0 Å². The third-order valence-corrected chi connectivity index (χ3v) is 3.75. The van der Waals surface area contributed by atoms with Crippen molar-refractivity contribution in [3.8, 4) is 0 Å². The van der Waals surface area contributed by atoms with Crippen LogP contribution in [0, 0.1) is 11.8 Å². The molecule has 16 heavy (non-hydrogen) atoms. The van der Waals surface area contributed by atoms with Crippen LogP contribution in [0.4, 0.5) is 0 Å². The molecule has 3 atom stereocenters.